The summed E-state index contributed by atoms with van der Waals surface area (Å²) in [5.41, 5.74) is 0. The zero-order valence-electron chi connectivity index (χ0n) is 6.19. The van der Waals surface area contributed by atoms with Crippen molar-refractivity contribution in [3.8, 4) is 0 Å². The van der Waals surface area contributed by atoms with E-state index in [1.807, 2.05) is 28.7 Å². The van der Waals surface area contributed by atoms with Crippen LogP contribution in [0.4, 0.5) is 0 Å². The van der Waals surface area contributed by atoms with Gasteiger partial charge in [-0.2, -0.15) is 0 Å². The molecule has 0 aromatic carbocycles. The second-order valence-electron chi connectivity index (χ2n) is 1.83. The molecule has 58 valence electrons. The van der Waals surface area contributed by atoms with Gasteiger partial charge in [0.15, 0.2) is 0 Å². The van der Waals surface area contributed by atoms with Gasteiger partial charge in [-0.3, -0.25) is 0 Å². The minimum Gasteiger partial charge on any atom is -0.465 e. The Morgan fingerprint density at radius 3 is 2.70 bits per heavy atom. The lowest BCUT2D eigenvalue weighted by molar-refractivity contribution is -0.135. The molecular formula is C7H11IO2. The summed E-state index contributed by atoms with van der Waals surface area (Å²) < 4.78 is 5.16. The first-order chi connectivity index (χ1) is 4.72. The smallest absolute Gasteiger partial charge is 0.343 e. The van der Waals surface area contributed by atoms with Gasteiger partial charge in [0, 0.05) is 0 Å². The van der Waals surface area contributed by atoms with Crippen molar-refractivity contribution in [2.24, 2.45) is 0 Å². The number of rotatable bonds is 3. The molecular weight excluding hydrogens is 243 g/mol. The van der Waals surface area contributed by atoms with Gasteiger partial charge < -0.3 is 4.74 Å². The maximum Gasteiger partial charge on any atom is 0.343 e. The van der Waals surface area contributed by atoms with Gasteiger partial charge in [-0.15, -0.1) is 0 Å². The molecule has 0 heterocycles. The van der Waals surface area contributed by atoms with Crippen molar-refractivity contribution in [2.75, 3.05) is 7.11 Å². The SMILES string of the molecule is CCC/C=C(\I)C(=O)OC. The van der Waals surface area contributed by atoms with Crippen LogP contribution in [-0.4, -0.2) is 13.1 Å². The van der Waals surface area contributed by atoms with Crippen LogP contribution in [0.25, 0.3) is 0 Å². The van der Waals surface area contributed by atoms with E-state index in [4.69, 9.17) is 0 Å². The molecule has 0 radical (unpaired) electrons. The third kappa shape index (κ3) is 3.87. The molecule has 2 nitrogen and oxygen atoms in total. The van der Waals surface area contributed by atoms with Gasteiger partial charge in [-0.05, 0) is 29.0 Å². The van der Waals surface area contributed by atoms with E-state index in [-0.39, 0.29) is 5.97 Å². The first-order valence-electron chi connectivity index (χ1n) is 3.16. The molecule has 3 heteroatoms. The number of hydrogen-bond donors (Lipinski definition) is 0. The van der Waals surface area contributed by atoms with Crippen LogP contribution in [-0.2, 0) is 9.53 Å². The van der Waals surface area contributed by atoms with Crippen LogP contribution in [0.3, 0.4) is 0 Å². The van der Waals surface area contributed by atoms with Gasteiger partial charge in [0.2, 0.25) is 0 Å². The molecule has 0 saturated heterocycles. The molecule has 0 fully saturated rings. The molecule has 0 aliphatic carbocycles. The van der Waals surface area contributed by atoms with E-state index < -0.39 is 0 Å². The van der Waals surface area contributed by atoms with Crippen molar-refractivity contribution < 1.29 is 9.53 Å². The highest BCUT2D eigenvalue weighted by Gasteiger charge is 2.02. The Morgan fingerprint density at radius 2 is 2.30 bits per heavy atom. The number of esters is 1. The summed E-state index contributed by atoms with van der Waals surface area (Å²) >= 11 is 1.98. The lowest BCUT2D eigenvalue weighted by atomic mass is 10.3. The fraction of sp³-hybridized carbons (Fsp3) is 0.571. The van der Waals surface area contributed by atoms with Crippen molar-refractivity contribution in [3.05, 3.63) is 9.66 Å². The Kier molecular flexibility index (Phi) is 5.67. The third-order valence-corrected chi connectivity index (χ3v) is 1.87. The average Bonchev–Trinajstić information content (AvgIpc) is 1.98. The zero-order chi connectivity index (χ0) is 7.98. The molecule has 0 aromatic rings. The third-order valence-electron chi connectivity index (χ3n) is 0.993. The summed E-state index contributed by atoms with van der Waals surface area (Å²) in [5.74, 6) is -0.242. The van der Waals surface area contributed by atoms with E-state index in [0.717, 1.165) is 12.8 Å². The number of carbonyl (C=O) groups excluding carboxylic acids is 1. The topological polar surface area (TPSA) is 26.3 Å². The van der Waals surface area contributed by atoms with Gasteiger partial charge in [-0.25, -0.2) is 4.79 Å². The van der Waals surface area contributed by atoms with Crippen LogP contribution < -0.4 is 0 Å². The molecule has 0 aromatic heterocycles. The standard InChI is InChI=1S/C7H11IO2/c1-3-4-5-6(8)7(9)10-2/h5H,3-4H2,1-2H3/b6-5-. The van der Waals surface area contributed by atoms with Crippen LogP contribution in [0.15, 0.2) is 9.66 Å². The van der Waals surface area contributed by atoms with Gasteiger partial charge in [0.05, 0.1) is 10.7 Å². The van der Waals surface area contributed by atoms with E-state index in [9.17, 15) is 4.79 Å². The Labute approximate surface area is 74.8 Å². The van der Waals surface area contributed by atoms with E-state index >= 15 is 0 Å². The van der Waals surface area contributed by atoms with Gasteiger partial charge in [0.25, 0.3) is 0 Å². The number of unbranched alkanes of at least 4 members (excludes halogenated alkanes) is 1. The minimum absolute atomic E-state index is 0.242. The molecule has 0 aliphatic rings. The molecule has 0 rings (SSSR count). The van der Waals surface area contributed by atoms with Gasteiger partial charge in [0.1, 0.15) is 0 Å². The van der Waals surface area contributed by atoms with Crippen molar-refractivity contribution in [1.82, 2.24) is 0 Å². The Morgan fingerprint density at radius 1 is 1.70 bits per heavy atom. The first kappa shape index (κ1) is 9.94. The molecule has 10 heavy (non-hydrogen) atoms. The maximum absolute atomic E-state index is 10.7. The number of methoxy groups -OCH3 is 1. The average molecular weight is 254 g/mol. The monoisotopic (exact) mass is 254 g/mol. The van der Waals surface area contributed by atoms with E-state index in [2.05, 4.69) is 11.7 Å². The lowest BCUT2D eigenvalue weighted by Crippen LogP contribution is -1.98. The molecule has 0 amide bonds. The highest BCUT2D eigenvalue weighted by Crippen LogP contribution is 2.09. The number of ether oxygens (including phenoxy) is 1. The largest absolute Gasteiger partial charge is 0.465 e. The normalized spacial score (nSPS) is 11.3. The van der Waals surface area contributed by atoms with Crippen LogP contribution in [0.5, 0.6) is 0 Å². The van der Waals surface area contributed by atoms with Crippen molar-refractivity contribution in [3.63, 3.8) is 0 Å². The Hall–Kier alpha value is -0.0600. The molecule has 0 saturated carbocycles. The van der Waals surface area contributed by atoms with Gasteiger partial charge in [-0.1, -0.05) is 19.4 Å². The summed E-state index contributed by atoms with van der Waals surface area (Å²) in [6.45, 7) is 2.07. The second-order valence-corrected chi connectivity index (χ2v) is 2.99. The summed E-state index contributed by atoms with van der Waals surface area (Å²) in [7, 11) is 1.39. The molecule has 0 bridgehead atoms. The maximum atomic E-state index is 10.7. The molecule has 0 spiro atoms. The van der Waals surface area contributed by atoms with Crippen molar-refractivity contribution in [1.29, 1.82) is 0 Å². The molecule has 0 atom stereocenters. The second kappa shape index (κ2) is 5.70. The quantitative estimate of drug-likeness (QED) is 0.438. The summed E-state index contributed by atoms with van der Waals surface area (Å²) in [5, 5.41) is 0. The van der Waals surface area contributed by atoms with E-state index in [1.54, 1.807) is 0 Å². The summed E-state index contributed by atoms with van der Waals surface area (Å²) in [6, 6.07) is 0. The molecule has 0 aliphatic heterocycles. The van der Waals surface area contributed by atoms with Gasteiger partial charge >= 0.3 is 5.97 Å². The number of halogens is 1. The molecule has 0 N–H and O–H groups in total. The Bertz CT molecular complexity index is 141. The highest BCUT2D eigenvalue weighted by molar-refractivity contribution is 14.1. The van der Waals surface area contributed by atoms with E-state index in [0.29, 0.717) is 3.58 Å². The predicted octanol–water partition coefficient (Wildman–Crippen LogP) is 2.28. The van der Waals surface area contributed by atoms with Crippen LogP contribution in [0, 0.1) is 0 Å². The first-order valence-corrected chi connectivity index (χ1v) is 4.24. The zero-order valence-corrected chi connectivity index (χ0v) is 8.34. The number of hydrogen-bond acceptors (Lipinski definition) is 2. The summed E-state index contributed by atoms with van der Waals surface area (Å²) in [4.78, 5) is 10.7. The van der Waals surface area contributed by atoms with E-state index in [1.165, 1.54) is 7.11 Å². The lowest BCUT2D eigenvalue weighted by Gasteiger charge is -1.94. The molecule has 0 unspecified atom stereocenters. The number of allylic oxidation sites excluding steroid dienone is 1. The van der Waals surface area contributed by atoms with Crippen LogP contribution in [0.2, 0.25) is 0 Å². The fourth-order valence-corrected chi connectivity index (χ4v) is 0.984. The predicted molar refractivity (Wildman–Crippen MR) is 49.0 cm³/mol. The fourth-order valence-electron chi connectivity index (χ4n) is 0.452. The van der Waals surface area contributed by atoms with Crippen LogP contribution in [0.1, 0.15) is 19.8 Å². The van der Waals surface area contributed by atoms with Crippen LogP contribution >= 0.6 is 22.6 Å². The summed E-state index contributed by atoms with van der Waals surface area (Å²) in [6.07, 6.45) is 3.88. The minimum atomic E-state index is -0.242. The number of carbonyl (C=O) groups is 1. The van der Waals surface area contributed by atoms with Crippen molar-refractivity contribution >= 4 is 28.6 Å². The highest BCUT2D eigenvalue weighted by atomic mass is 127. The van der Waals surface area contributed by atoms with Crippen molar-refractivity contribution in [2.45, 2.75) is 19.8 Å². The Balaban J connectivity index is 3.80.